The zero-order valence-electron chi connectivity index (χ0n) is 15.4. The van der Waals surface area contributed by atoms with E-state index >= 15 is 0 Å². The van der Waals surface area contributed by atoms with Crippen LogP contribution < -0.4 is 16.8 Å². The Morgan fingerprint density at radius 3 is 2.48 bits per heavy atom. The predicted molar refractivity (Wildman–Crippen MR) is 107 cm³/mol. The van der Waals surface area contributed by atoms with Crippen LogP contribution in [0.3, 0.4) is 0 Å². The predicted octanol–water partition coefficient (Wildman–Crippen LogP) is 3.49. The number of anilines is 2. The van der Waals surface area contributed by atoms with Crippen LogP contribution in [0.15, 0.2) is 36.4 Å². The standard InChI is InChI=1S/C21H24N4O2/c1-14-7-9-16(25-21(27)6-4-2-3-5-20(24)26)12-17(14)18-11-15(13-22)8-10-19(18)23/h7-12H,2-6,23H2,1H3,(H2,24,26)(H,25,27). The van der Waals surface area contributed by atoms with Gasteiger partial charge in [0.05, 0.1) is 11.6 Å². The van der Waals surface area contributed by atoms with Crippen LogP contribution in [0.1, 0.15) is 43.2 Å². The molecule has 140 valence electrons. The number of amides is 2. The third kappa shape index (κ3) is 5.86. The maximum Gasteiger partial charge on any atom is 0.224 e. The molecule has 0 bridgehead atoms. The number of nitrogens with zero attached hydrogens (tertiary/aromatic N) is 1. The topological polar surface area (TPSA) is 122 Å². The number of nitriles is 1. The molecule has 0 heterocycles. The molecule has 2 aromatic carbocycles. The van der Waals surface area contributed by atoms with E-state index in [4.69, 9.17) is 16.7 Å². The lowest BCUT2D eigenvalue weighted by Gasteiger charge is -2.13. The van der Waals surface area contributed by atoms with Gasteiger partial charge in [0, 0.05) is 29.8 Å². The number of nitrogens with two attached hydrogens (primary N) is 2. The first-order chi connectivity index (χ1) is 12.9. The number of benzene rings is 2. The number of primary amides is 1. The van der Waals surface area contributed by atoms with E-state index in [1.807, 2.05) is 25.1 Å². The van der Waals surface area contributed by atoms with Gasteiger partial charge in [-0.05, 0) is 61.2 Å². The third-order valence-corrected chi connectivity index (χ3v) is 4.32. The zero-order valence-corrected chi connectivity index (χ0v) is 15.4. The van der Waals surface area contributed by atoms with E-state index in [0.29, 0.717) is 42.6 Å². The zero-order chi connectivity index (χ0) is 19.8. The van der Waals surface area contributed by atoms with E-state index in [2.05, 4.69) is 11.4 Å². The first kappa shape index (κ1) is 20.0. The largest absolute Gasteiger partial charge is 0.398 e. The molecule has 0 aliphatic heterocycles. The van der Waals surface area contributed by atoms with Crippen LogP contribution in [0.5, 0.6) is 0 Å². The number of carbonyl (C=O) groups excluding carboxylic acids is 2. The van der Waals surface area contributed by atoms with Crippen LogP contribution in [0.4, 0.5) is 11.4 Å². The van der Waals surface area contributed by atoms with Crippen LogP contribution in [0.25, 0.3) is 11.1 Å². The molecular weight excluding hydrogens is 340 g/mol. The van der Waals surface area contributed by atoms with Gasteiger partial charge in [-0.2, -0.15) is 5.26 Å². The molecule has 0 aliphatic carbocycles. The summed E-state index contributed by atoms with van der Waals surface area (Å²) in [5.41, 5.74) is 15.6. The number of hydrogen-bond acceptors (Lipinski definition) is 4. The first-order valence-electron chi connectivity index (χ1n) is 8.89. The van der Waals surface area contributed by atoms with Crippen LogP contribution >= 0.6 is 0 Å². The van der Waals surface area contributed by atoms with Crippen LogP contribution in [-0.2, 0) is 9.59 Å². The Labute approximate surface area is 159 Å². The summed E-state index contributed by atoms with van der Waals surface area (Å²) in [6.07, 6.45) is 2.92. The molecule has 2 amide bonds. The number of aryl methyl sites for hydroxylation is 1. The summed E-state index contributed by atoms with van der Waals surface area (Å²) in [6.45, 7) is 1.96. The average molecular weight is 364 g/mol. The highest BCUT2D eigenvalue weighted by Gasteiger charge is 2.10. The van der Waals surface area contributed by atoms with Crippen molar-refractivity contribution in [3.63, 3.8) is 0 Å². The van der Waals surface area contributed by atoms with Gasteiger partial charge in [-0.25, -0.2) is 0 Å². The van der Waals surface area contributed by atoms with E-state index in [1.165, 1.54) is 0 Å². The van der Waals surface area contributed by atoms with E-state index in [1.54, 1.807) is 18.2 Å². The highest BCUT2D eigenvalue weighted by molar-refractivity contribution is 5.92. The Bertz CT molecular complexity index is 884. The van der Waals surface area contributed by atoms with Gasteiger partial charge < -0.3 is 16.8 Å². The van der Waals surface area contributed by atoms with Gasteiger partial charge in [-0.15, -0.1) is 0 Å². The van der Waals surface area contributed by atoms with Crippen LogP contribution in [0.2, 0.25) is 0 Å². The van der Waals surface area contributed by atoms with Crippen molar-refractivity contribution in [2.75, 3.05) is 11.1 Å². The number of hydrogen-bond donors (Lipinski definition) is 3. The smallest absolute Gasteiger partial charge is 0.224 e. The van der Waals surface area contributed by atoms with E-state index in [-0.39, 0.29) is 11.8 Å². The van der Waals surface area contributed by atoms with Crippen molar-refractivity contribution >= 4 is 23.2 Å². The SMILES string of the molecule is Cc1ccc(NC(=O)CCCCCC(N)=O)cc1-c1cc(C#N)ccc1N. The van der Waals surface area contributed by atoms with Crippen LogP contribution in [0, 0.1) is 18.3 Å². The molecule has 6 heteroatoms. The number of carbonyl (C=O) groups is 2. The van der Waals surface area contributed by atoms with Crippen LogP contribution in [-0.4, -0.2) is 11.8 Å². The summed E-state index contributed by atoms with van der Waals surface area (Å²) in [6, 6.07) is 12.9. The van der Waals surface area contributed by atoms with Gasteiger partial charge in [-0.1, -0.05) is 12.5 Å². The van der Waals surface area contributed by atoms with Crippen molar-refractivity contribution in [2.45, 2.75) is 39.0 Å². The fourth-order valence-corrected chi connectivity index (χ4v) is 2.83. The van der Waals surface area contributed by atoms with E-state index in [9.17, 15) is 9.59 Å². The fourth-order valence-electron chi connectivity index (χ4n) is 2.83. The van der Waals surface area contributed by atoms with Gasteiger partial charge in [0.2, 0.25) is 11.8 Å². The van der Waals surface area contributed by atoms with Crippen molar-refractivity contribution in [1.29, 1.82) is 5.26 Å². The molecule has 5 N–H and O–H groups in total. The minimum Gasteiger partial charge on any atom is -0.398 e. The third-order valence-electron chi connectivity index (χ3n) is 4.32. The van der Waals surface area contributed by atoms with Gasteiger partial charge in [0.1, 0.15) is 0 Å². The molecule has 0 unspecified atom stereocenters. The normalized spacial score (nSPS) is 10.2. The Kier molecular flexibility index (Phi) is 6.95. The molecule has 0 fully saturated rings. The highest BCUT2D eigenvalue weighted by Crippen LogP contribution is 2.31. The molecule has 6 nitrogen and oxygen atoms in total. The van der Waals surface area contributed by atoms with Gasteiger partial charge in [0.25, 0.3) is 0 Å². The summed E-state index contributed by atoms with van der Waals surface area (Å²) in [4.78, 5) is 22.8. The molecule has 0 radical (unpaired) electrons. The molecule has 2 rings (SSSR count). The Morgan fingerprint density at radius 2 is 1.78 bits per heavy atom. The van der Waals surface area contributed by atoms with Crippen molar-refractivity contribution in [3.05, 3.63) is 47.5 Å². The summed E-state index contributed by atoms with van der Waals surface area (Å²) in [5.74, 6) is -0.394. The molecular formula is C21H24N4O2. The number of rotatable bonds is 8. The fraction of sp³-hybridized carbons (Fsp3) is 0.286. The second-order valence-corrected chi connectivity index (χ2v) is 6.52. The van der Waals surface area contributed by atoms with Crippen molar-refractivity contribution < 1.29 is 9.59 Å². The monoisotopic (exact) mass is 364 g/mol. The van der Waals surface area contributed by atoms with Gasteiger partial charge >= 0.3 is 0 Å². The average Bonchev–Trinajstić information content (AvgIpc) is 2.63. The second kappa shape index (κ2) is 9.39. The van der Waals surface area contributed by atoms with E-state index in [0.717, 1.165) is 23.1 Å². The number of nitrogens with one attached hydrogen (secondary N) is 1. The van der Waals surface area contributed by atoms with Crippen molar-refractivity contribution in [2.24, 2.45) is 5.73 Å². The van der Waals surface area contributed by atoms with Crippen molar-refractivity contribution in [3.8, 4) is 17.2 Å². The Morgan fingerprint density at radius 1 is 1.04 bits per heavy atom. The molecule has 0 aromatic heterocycles. The first-order valence-corrected chi connectivity index (χ1v) is 8.89. The molecule has 0 spiro atoms. The summed E-state index contributed by atoms with van der Waals surface area (Å²) >= 11 is 0. The maximum atomic E-state index is 12.1. The molecule has 27 heavy (non-hydrogen) atoms. The lowest BCUT2D eigenvalue weighted by Crippen LogP contribution is -2.12. The Balaban J connectivity index is 2.06. The van der Waals surface area contributed by atoms with Crippen molar-refractivity contribution in [1.82, 2.24) is 0 Å². The lowest BCUT2D eigenvalue weighted by atomic mass is 9.97. The quantitative estimate of drug-likeness (QED) is 0.490. The number of nitrogen functional groups attached to an aromatic ring is 1. The molecule has 0 saturated heterocycles. The van der Waals surface area contributed by atoms with Gasteiger partial charge in [-0.3, -0.25) is 9.59 Å². The Hall–Kier alpha value is -3.33. The highest BCUT2D eigenvalue weighted by atomic mass is 16.1. The second-order valence-electron chi connectivity index (χ2n) is 6.52. The molecule has 0 saturated carbocycles. The van der Waals surface area contributed by atoms with Gasteiger partial charge in [0.15, 0.2) is 0 Å². The summed E-state index contributed by atoms with van der Waals surface area (Å²) < 4.78 is 0. The maximum absolute atomic E-state index is 12.1. The molecule has 2 aromatic rings. The minimum absolute atomic E-state index is 0.0809. The number of unbranched alkanes of at least 4 members (excludes halogenated alkanes) is 2. The minimum atomic E-state index is -0.314. The van der Waals surface area contributed by atoms with E-state index < -0.39 is 0 Å². The summed E-state index contributed by atoms with van der Waals surface area (Å²) in [5, 5.41) is 12.0. The summed E-state index contributed by atoms with van der Waals surface area (Å²) in [7, 11) is 0. The lowest BCUT2D eigenvalue weighted by molar-refractivity contribution is -0.118. The molecule has 0 aliphatic rings. The molecule has 0 atom stereocenters.